The molecule has 0 heterocycles. The summed E-state index contributed by atoms with van der Waals surface area (Å²) in [6, 6.07) is 9.43. The molecule has 1 amide bonds. The first-order valence-electron chi connectivity index (χ1n) is 6.73. The molecule has 0 fully saturated rings. The van der Waals surface area contributed by atoms with Gasteiger partial charge in [0, 0.05) is 17.8 Å². The molecule has 0 aliphatic rings. The first kappa shape index (κ1) is 18.6. The number of anilines is 1. The maximum Gasteiger partial charge on any atom is 0.288 e. The molecule has 25 heavy (non-hydrogen) atoms. The summed E-state index contributed by atoms with van der Waals surface area (Å²) in [5.74, 6) is -0.499. The topological polar surface area (TPSA) is 132 Å². The second kappa shape index (κ2) is 7.43. The van der Waals surface area contributed by atoms with Crippen LogP contribution in [0.4, 0.5) is 11.4 Å². The van der Waals surface area contributed by atoms with Crippen LogP contribution in [0.25, 0.3) is 6.08 Å². The number of nitrogens with zero attached hydrogens (tertiary/aromatic N) is 1. The number of primary sulfonamides is 1. The number of benzene rings is 2. The summed E-state index contributed by atoms with van der Waals surface area (Å²) in [5.41, 5.74) is 0.530. The standard InChI is InChI=1S/C15H12ClN3O5S/c16-13-7-1-10(9-14(13)19(21)22)2-8-15(20)18-11-3-5-12(6-4-11)25(17,23)24/h1-9H,(H,18,20)(H2,17,23,24)/b8-2+. The van der Waals surface area contributed by atoms with E-state index in [4.69, 9.17) is 16.7 Å². The van der Waals surface area contributed by atoms with Gasteiger partial charge in [0.1, 0.15) is 5.02 Å². The fourth-order valence-corrected chi connectivity index (χ4v) is 2.56. The zero-order valence-corrected chi connectivity index (χ0v) is 14.1. The normalized spacial score (nSPS) is 11.4. The molecular weight excluding hydrogens is 370 g/mol. The lowest BCUT2D eigenvalue weighted by Gasteiger charge is -2.03. The van der Waals surface area contributed by atoms with Gasteiger partial charge in [-0.05, 0) is 42.0 Å². The Morgan fingerprint density at radius 1 is 1.20 bits per heavy atom. The van der Waals surface area contributed by atoms with Crippen LogP contribution < -0.4 is 10.5 Å². The summed E-state index contributed by atoms with van der Waals surface area (Å²) in [6.45, 7) is 0. The summed E-state index contributed by atoms with van der Waals surface area (Å²) in [6.07, 6.45) is 2.57. The minimum Gasteiger partial charge on any atom is -0.323 e. The highest BCUT2D eigenvalue weighted by molar-refractivity contribution is 7.89. The highest BCUT2D eigenvalue weighted by Crippen LogP contribution is 2.25. The highest BCUT2D eigenvalue weighted by atomic mass is 35.5. The van der Waals surface area contributed by atoms with Crippen molar-refractivity contribution in [2.24, 2.45) is 5.14 Å². The molecule has 0 aliphatic carbocycles. The first-order valence-corrected chi connectivity index (χ1v) is 8.65. The molecule has 0 atom stereocenters. The molecule has 0 saturated carbocycles. The Balaban J connectivity index is 2.08. The molecule has 0 aromatic heterocycles. The molecule has 3 N–H and O–H groups in total. The van der Waals surface area contributed by atoms with Crippen molar-refractivity contribution >= 4 is 45.0 Å². The van der Waals surface area contributed by atoms with Crippen molar-refractivity contribution in [2.75, 3.05) is 5.32 Å². The van der Waals surface area contributed by atoms with Gasteiger partial charge in [-0.2, -0.15) is 0 Å². The average Bonchev–Trinajstić information content (AvgIpc) is 2.53. The number of halogens is 1. The first-order chi connectivity index (χ1) is 11.7. The van der Waals surface area contributed by atoms with E-state index >= 15 is 0 Å². The van der Waals surface area contributed by atoms with Crippen LogP contribution >= 0.6 is 11.6 Å². The molecule has 0 unspecified atom stereocenters. The van der Waals surface area contributed by atoms with Gasteiger partial charge in [-0.25, -0.2) is 13.6 Å². The molecule has 2 aromatic carbocycles. The third kappa shape index (κ3) is 5.11. The van der Waals surface area contributed by atoms with Crippen LogP contribution in [0.5, 0.6) is 0 Å². The van der Waals surface area contributed by atoms with Crippen molar-refractivity contribution < 1.29 is 18.1 Å². The fraction of sp³-hybridized carbons (Fsp3) is 0. The van der Waals surface area contributed by atoms with Gasteiger partial charge < -0.3 is 5.32 Å². The van der Waals surface area contributed by atoms with Crippen LogP contribution in [0.3, 0.4) is 0 Å². The highest BCUT2D eigenvalue weighted by Gasteiger charge is 2.12. The van der Waals surface area contributed by atoms with Gasteiger partial charge in [0.25, 0.3) is 5.69 Å². The van der Waals surface area contributed by atoms with Gasteiger partial charge in [0.15, 0.2) is 0 Å². The van der Waals surface area contributed by atoms with Crippen LogP contribution in [0.1, 0.15) is 5.56 Å². The van der Waals surface area contributed by atoms with Crippen molar-refractivity contribution in [2.45, 2.75) is 4.90 Å². The summed E-state index contributed by atoms with van der Waals surface area (Å²) in [7, 11) is -3.80. The minimum absolute atomic E-state index is 0.00143. The predicted octanol–water partition coefficient (Wildman–Crippen LogP) is 2.55. The number of carbonyl (C=O) groups excluding carboxylic acids is 1. The van der Waals surface area contributed by atoms with Gasteiger partial charge in [-0.15, -0.1) is 0 Å². The second-order valence-corrected chi connectivity index (χ2v) is 6.83. The average molecular weight is 382 g/mol. The van der Waals surface area contributed by atoms with E-state index in [1.807, 2.05) is 0 Å². The molecule has 0 aliphatic heterocycles. The Hall–Kier alpha value is -2.75. The van der Waals surface area contributed by atoms with E-state index < -0.39 is 20.9 Å². The maximum atomic E-state index is 11.9. The number of hydrogen-bond donors (Lipinski definition) is 2. The third-order valence-electron chi connectivity index (χ3n) is 3.04. The smallest absolute Gasteiger partial charge is 0.288 e. The molecule has 0 spiro atoms. The zero-order valence-electron chi connectivity index (χ0n) is 12.5. The van der Waals surface area contributed by atoms with Gasteiger partial charge in [-0.3, -0.25) is 14.9 Å². The number of nitro benzene ring substituents is 1. The van der Waals surface area contributed by atoms with Crippen LogP contribution in [0.2, 0.25) is 5.02 Å². The molecule has 2 aromatic rings. The molecule has 130 valence electrons. The molecule has 2 rings (SSSR count). The van der Waals surface area contributed by atoms with E-state index in [9.17, 15) is 23.3 Å². The van der Waals surface area contributed by atoms with E-state index in [1.54, 1.807) is 0 Å². The maximum absolute atomic E-state index is 11.9. The Labute approximate surface area is 148 Å². The van der Waals surface area contributed by atoms with E-state index in [0.717, 1.165) is 0 Å². The van der Waals surface area contributed by atoms with Crippen molar-refractivity contribution in [3.05, 3.63) is 69.2 Å². The van der Waals surface area contributed by atoms with E-state index in [0.29, 0.717) is 11.3 Å². The number of nitro groups is 1. The van der Waals surface area contributed by atoms with Gasteiger partial charge >= 0.3 is 0 Å². The number of nitrogens with two attached hydrogens (primary N) is 1. The molecule has 0 saturated heterocycles. The monoisotopic (exact) mass is 381 g/mol. The summed E-state index contributed by atoms with van der Waals surface area (Å²) >= 11 is 5.71. The number of carbonyl (C=O) groups is 1. The molecule has 10 heteroatoms. The van der Waals surface area contributed by atoms with Crippen LogP contribution in [0, 0.1) is 10.1 Å². The SMILES string of the molecule is NS(=O)(=O)c1ccc(NC(=O)/C=C/c2ccc(Cl)c([N+](=O)[O-])c2)cc1. The molecule has 8 nitrogen and oxygen atoms in total. The Morgan fingerprint density at radius 3 is 2.40 bits per heavy atom. The predicted molar refractivity (Wildman–Crippen MR) is 93.6 cm³/mol. The summed E-state index contributed by atoms with van der Waals surface area (Å²) in [4.78, 5) is 22.0. The van der Waals surface area contributed by atoms with Gasteiger partial charge in [-0.1, -0.05) is 17.7 Å². The number of rotatable bonds is 5. The van der Waals surface area contributed by atoms with Crippen molar-refractivity contribution in [3.63, 3.8) is 0 Å². The number of nitrogens with one attached hydrogen (secondary N) is 1. The third-order valence-corrected chi connectivity index (χ3v) is 4.29. The molecule has 0 bridgehead atoms. The summed E-state index contributed by atoms with van der Waals surface area (Å²) in [5, 5.41) is 18.3. The van der Waals surface area contributed by atoms with Crippen LogP contribution in [0.15, 0.2) is 53.4 Å². The van der Waals surface area contributed by atoms with E-state index in [-0.39, 0.29) is 15.6 Å². The minimum atomic E-state index is -3.80. The largest absolute Gasteiger partial charge is 0.323 e. The van der Waals surface area contributed by atoms with Crippen LogP contribution in [-0.2, 0) is 14.8 Å². The quantitative estimate of drug-likeness (QED) is 0.466. The van der Waals surface area contributed by atoms with Crippen LogP contribution in [-0.4, -0.2) is 19.2 Å². The van der Waals surface area contributed by atoms with Gasteiger partial charge in [0.2, 0.25) is 15.9 Å². The Morgan fingerprint density at radius 2 is 1.84 bits per heavy atom. The summed E-state index contributed by atoms with van der Waals surface area (Å²) < 4.78 is 22.3. The van der Waals surface area contributed by atoms with Crippen molar-refractivity contribution in [1.82, 2.24) is 0 Å². The number of sulfonamides is 1. The molecule has 0 radical (unpaired) electrons. The van der Waals surface area contributed by atoms with Crippen molar-refractivity contribution in [3.8, 4) is 0 Å². The van der Waals surface area contributed by atoms with Gasteiger partial charge in [0.05, 0.1) is 9.82 Å². The van der Waals surface area contributed by atoms with E-state index in [1.165, 1.54) is 54.6 Å². The Bertz CT molecular complexity index is 956. The number of amides is 1. The Kier molecular flexibility index (Phi) is 5.52. The fourth-order valence-electron chi connectivity index (χ4n) is 1.86. The lowest BCUT2D eigenvalue weighted by Crippen LogP contribution is -2.12. The van der Waals surface area contributed by atoms with E-state index in [2.05, 4.69) is 5.32 Å². The lowest BCUT2D eigenvalue weighted by molar-refractivity contribution is -0.384. The molecular formula is C15H12ClN3O5S. The van der Waals surface area contributed by atoms with Crippen molar-refractivity contribution in [1.29, 1.82) is 0 Å². The zero-order chi connectivity index (χ0) is 18.6. The second-order valence-electron chi connectivity index (χ2n) is 4.86. The lowest BCUT2D eigenvalue weighted by atomic mass is 10.2. The number of hydrogen-bond acceptors (Lipinski definition) is 5.